The van der Waals surface area contributed by atoms with Crippen LogP contribution in [0.15, 0.2) is 30.3 Å². The lowest BCUT2D eigenvalue weighted by atomic mass is 9.92. The molecule has 0 aliphatic carbocycles. The van der Waals surface area contributed by atoms with Crippen molar-refractivity contribution in [2.45, 2.75) is 25.3 Å². The van der Waals surface area contributed by atoms with Crippen LogP contribution in [0.5, 0.6) is 0 Å². The molecule has 2 fully saturated rings. The molecule has 126 valence electrons. The molecule has 5 nitrogen and oxygen atoms in total. The highest BCUT2D eigenvalue weighted by Gasteiger charge is 2.28. The van der Waals surface area contributed by atoms with Crippen molar-refractivity contribution in [2.24, 2.45) is 17.6 Å². The zero-order valence-corrected chi connectivity index (χ0v) is 13.6. The number of nitrogens with one attached hydrogen (secondary N) is 1. The van der Waals surface area contributed by atoms with Crippen LogP contribution in [-0.2, 0) is 9.53 Å². The number of carbonyl (C=O) groups is 1. The van der Waals surface area contributed by atoms with Crippen molar-refractivity contribution in [2.75, 3.05) is 37.7 Å². The molecule has 0 spiro atoms. The minimum absolute atomic E-state index is 0.00457. The van der Waals surface area contributed by atoms with Crippen molar-refractivity contribution in [3.05, 3.63) is 30.3 Å². The van der Waals surface area contributed by atoms with Crippen molar-refractivity contribution < 1.29 is 9.53 Å². The number of rotatable bonds is 5. The first-order valence-corrected chi connectivity index (χ1v) is 8.65. The van der Waals surface area contributed by atoms with E-state index in [0.29, 0.717) is 5.92 Å². The van der Waals surface area contributed by atoms with Crippen molar-refractivity contribution in [3.63, 3.8) is 0 Å². The molecule has 1 amide bonds. The molecule has 2 aliphatic heterocycles. The molecule has 5 heteroatoms. The number of amides is 1. The summed E-state index contributed by atoms with van der Waals surface area (Å²) in [6.45, 7) is 4.22. The molecule has 2 saturated heterocycles. The third-order valence-electron chi connectivity index (χ3n) is 5.05. The first-order chi connectivity index (χ1) is 11.2. The standard InChI is InChI=1S/C18H27N3O2/c19-17(15-7-10-23-11-8-15)18(22)20-12-14-6-9-21(13-14)16-4-2-1-3-5-16/h1-5,14-15,17H,6-13,19H2,(H,20,22). The third kappa shape index (κ3) is 4.24. The van der Waals surface area contributed by atoms with Crippen LogP contribution in [0.3, 0.4) is 0 Å². The fourth-order valence-corrected chi connectivity index (χ4v) is 3.52. The highest BCUT2D eigenvalue weighted by molar-refractivity contribution is 5.81. The summed E-state index contributed by atoms with van der Waals surface area (Å²) in [5, 5.41) is 3.06. The number of hydrogen-bond acceptors (Lipinski definition) is 4. The maximum Gasteiger partial charge on any atom is 0.237 e. The lowest BCUT2D eigenvalue weighted by Gasteiger charge is -2.27. The Labute approximate surface area is 138 Å². The van der Waals surface area contributed by atoms with E-state index in [9.17, 15) is 4.79 Å². The Bertz CT molecular complexity index is 502. The quantitative estimate of drug-likeness (QED) is 0.861. The molecule has 0 radical (unpaired) electrons. The monoisotopic (exact) mass is 317 g/mol. The molecule has 3 N–H and O–H groups in total. The van der Waals surface area contributed by atoms with E-state index in [1.54, 1.807) is 0 Å². The molecule has 23 heavy (non-hydrogen) atoms. The average Bonchev–Trinajstić information content (AvgIpc) is 3.09. The lowest BCUT2D eigenvalue weighted by Crippen LogP contribution is -2.48. The van der Waals surface area contributed by atoms with E-state index in [0.717, 1.165) is 52.1 Å². The number of hydrogen-bond donors (Lipinski definition) is 2. The predicted octanol–water partition coefficient (Wildman–Crippen LogP) is 1.38. The molecule has 1 aromatic carbocycles. The van der Waals surface area contributed by atoms with Crippen LogP contribution >= 0.6 is 0 Å². The summed E-state index contributed by atoms with van der Waals surface area (Å²) in [4.78, 5) is 14.6. The maximum atomic E-state index is 12.3. The Morgan fingerprint density at radius 2 is 2.00 bits per heavy atom. The van der Waals surface area contributed by atoms with Gasteiger partial charge in [-0.15, -0.1) is 0 Å². The Kier molecular flexibility index (Phi) is 5.51. The summed E-state index contributed by atoms with van der Waals surface area (Å²) in [6, 6.07) is 10.1. The van der Waals surface area contributed by atoms with E-state index in [1.165, 1.54) is 5.69 Å². The van der Waals surface area contributed by atoms with E-state index < -0.39 is 6.04 Å². The van der Waals surface area contributed by atoms with Gasteiger partial charge < -0.3 is 20.7 Å². The van der Waals surface area contributed by atoms with Gasteiger partial charge in [0.2, 0.25) is 5.91 Å². The molecule has 2 heterocycles. The molecular formula is C18H27N3O2. The summed E-state index contributed by atoms with van der Waals surface area (Å²) in [5.41, 5.74) is 7.38. The van der Waals surface area contributed by atoms with E-state index in [2.05, 4.69) is 34.5 Å². The highest BCUT2D eigenvalue weighted by Crippen LogP contribution is 2.23. The summed E-state index contributed by atoms with van der Waals surface area (Å²) in [5.74, 6) is 0.754. The number of anilines is 1. The van der Waals surface area contributed by atoms with Crippen LogP contribution in [0.4, 0.5) is 5.69 Å². The molecule has 2 unspecified atom stereocenters. The molecule has 0 bridgehead atoms. The SMILES string of the molecule is NC(C(=O)NCC1CCN(c2ccccc2)C1)C1CCOCC1. The van der Waals surface area contributed by atoms with E-state index in [-0.39, 0.29) is 11.8 Å². The van der Waals surface area contributed by atoms with Gasteiger partial charge in [-0.3, -0.25) is 4.79 Å². The first-order valence-electron chi connectivity index (χ1n) is 8.65. The zero-order chi connectivity index (χ0) is 16.1. The number of nitrogens with two attached hydrogens (primary N) is 1. The predicted molar refractivity (Wildman–Crippen MR) is 91.3 cm³/mol. The second kappa shape index (κ2) is 7.79. The van der Waals surface area contributed by atoms with Gasteiger partial charge in [-0.25, -0.2) is 0 Å². The first kappa shape index (κ1) is 16.3. The molecule has 1 aromatic rings. The maximum absolute atomic E-state index is 12.3. The van der Waals surface area contributed by atoms with Gasteiger partial charge in [-0.2, -0.15) is 0 Å². The minimum atomic E-state index is -0.398. The van der Waals surface area contributed by atoms with Gasteiger partial charge in [0.1, 0.15) is 0 Å². The van der Waals surface area contributed by atoms with Gasteiger partial charge in [0.25, 0.3) is 0 Å². The summed E-state index contributed by atoms with van der Waals surface area (Å²) >= 11 is 0. The van der Waals surface area contributed by atoms with Gasteiger partial charge in [0.05, 0.1) is 6.04 Å². The number of benzene rings is 1. The Balaban J connectivity index is 1.43. The largest absolute Gasteiger partial charge is 0.381 e. The number of para-hydroxylation sites is 1. The van der Waals surface area contributed by atoms with Crippen molar-refractivity contribution in [1.29, 1.82) is 0 Å². The Morgan fingerprint density at radius 1 is 1.26 bits per heavy atom. The highest BCUT2D eigenvalue weighted by atomic mass is 16.5. The molecular weight excluding hydrogens is 290 g/mol. The van der Waals surface area contributed by atoms with E-state index >= 15 is 0 Å². The topological polar surface area (TPSA) is 67.6 Å². The van der Waals surface area contributed by atoms with Gasteiger partial charge in [-0.05, 0) is 43.2 Å². The second-order valence-corrected chi connectivity index (χ2v) is 6.66. The van der Waals surface area contributed by atoms with Crippen molar-refractivity contribution >= 4 is 11.6 Å². The van der Waals surface area contributed by atoms with Crippen molar-refractivity contribution in [3.8, 4) is 0 Å². The van der Waals surface area contributed by atoms with Crippen LogP contribution in [0.2, 0.25) is 0 Å². The average molecular weight is 317 g/mol. The number of ether oxygens (including phenoxy) is 1. The van der Waals surface area contributed by atoms with Gasteiger partial charge in [0, 0.05) is 38.5 Å². The second-order valence-electron chi connectivity index (χ2n) is 6.66. The van der Waals surface area contributed by atoms with Gasteiger partial charge in [0.15, 0.2) is 0 Å². The Hall–Kier alpha value is -1.59. The number of nitrogens with zero attached hydrogens (tertiary/aromatic N) is 1. The van der Waals surface area contributed by atoms with Crippen LogP contribution in [-0.4, -0.2) is 44.8 Å². The summed E-state index contributed by atoms with van der Waals surface area (Å²) < 4.78 is 5.33. The van der Waals surface area contributed by atoms with Gasteiger partial charge in [-0.1, -0.05) is 18.2 Å². The summed E-state index contributed by atoms with van der Waals surface area (Å²) in [6.07, 6.45) is 2.89. The summed E-state index contributed by atoms with van der Waals surface area (Å²) in [7, 11) is 0. The lowest BCUT2D eigenvalue weighted by molar-refractivity contribution is -0.124. The third-order valence-corrected chi connectivity index (χ3v) is 5.05. The normalized spacial score (nSPS) is 23.7. The van der Waals surface area contributed by atoms with E-state index in [1.807, 2.05) is 6.07 Å². The molecule has 2 aliphatic rings. The number of carbonyl (C=O) groups excluding carboxylic acids is 1. The minimum Gasteiger partial charge on any atom is -0.381 e. The molecule has 0 saturated carbocycles. The fourth-order valence-electron chi connectivity index (χ4n) is 3.52. The smallest absolute Gasteiger partial charge is 0.237 e. The zero-order valence-electron chi connectivity index (χ0n) is 13.6. The molecule has 0 aromatic heterocycles. The van der Waals surface area contributed by atoms with Crippen LogP contribution in [0.25, 0.3) is 0 Å². The fraction of sp³-hybridized carbons (Fsp3) is 0.611. The van der Waals surface area contributed by atoms with Gasteiger partial charge >= 0.3 is 0 Å². The van der Waals surface area contributed by atoms with Crippen LogP contribution in [0, 0.1) is 11.8 Å². The molecule has 2 atom stereocenters. The van der Waals surface area contributed by atoms with Crippen LogP contribution < -0.4 is 16.0 Å². The van der Waals surface area contributed by atoms with Crippen molar-refractivity contribution in [1.82, 2.24) is 5.32 Å². The van der Waals surface area contributed by atoms with Crippen LogP contribution in [0.1, 0.15) is 19.3 Å². The Morgan fingerprint density at radius 3 is 2.74 bits per heavy atom. The molecule has 3 rings (SSSR count). The van der Waals surface area contributed by atoms with E-state index in [4.69, 9.17) is 10.5 Å².